The molecule has 1 saturated carbocycles. The summed E-state index contributed by atoms with van der Waals surface area (Å²) >= 11 is 0. The Bertz CT molecular complexity index is 487. The second kappa shape index (κ2) is 6.16. The first-order valence-electron chi connectivity index (χ1n) is 7.25. The second-order valence-corrected chi connectivity index (χ2v) is 5.71. The van der Waals surface area contributed by atoms with Crippen molar-refractivity contribution in [2.24, 2.45) is 5.92 Å². The summed E-state index contributed by atoms with van der Waals surface area (Å²) in [6.07, 6.45) is 5.08. The summed E-state index contributed by atoms with van der Waals surface area (Å²) in [5, 5.41) is 0. The van der Waals surface area contributed by atoms with E-state index in [2.05, 4.69) is 18.9 Å². The summed E-state index contributed by atoms with van der Waals surface area (Å²) in [7, 11) is 3.47. The Hall–Kier alpha value is -1.71. The molecule has 2 rings (SSSR count). The van der Waals surface area contributed by atoms with Gasteiger partial charge in [0.1, 0.15) is 0 Å². The van der Waals surface area contributed by atoms with Gasteiger partial charge in [0.25, 0.3) is 0 Å². The van der Waals surface area contributed by atoms with Crippen molar-refractivity contribution in [3.63, 3.8) is 0 Å². The van der Waals surface area contributed by atoms with E-state index < -0.39 is 0 Å². The topological polar surface area (TPSA) is 55.6 Å². The van der Waals surface area contributed by atoms with Gasteiger partial charge < -0.3 is 15.4 Å². The van der Waals surface area contributed by atoms with Gasteiger partial charge in [-0.25, -0.2) is 4.79 Å². The van der Waals surface area contributed by atoms with Crippen LogP contribution in [0.5, 0.6) is 0 Å². The highest BCUT2D eigenvalue weighted by atomic mass is 16.5. The lowest BCUT2D eigenvalue weighted by Gasteiger charge is -2.38. The van der Waals surface area contributed by atoms with E-state index in [1.165, 1.54) is 32.8 Å². The molecule has 1 aromatic rings. The van der Waals surface area contributed by atoms with Crippen molar-refractivity contribution in [1.29, 1.82) is 0 Å². The molecule has 1 aliphatic rings. The SMILES string of the molecule is COC(=O)c1ccc(N(C)C2CCCCC2C)c(N)c1. The normalized spacial score (nSPS) is 22.4. The molecule has 0 saturated heterocycles. The van der Waals surface area contributed by atoms with Crippen molar-refractivity contribution in [3.05, 3.63) is 23.8 Å². The van der Waals surface area contributed by atoms with Crippen LogP contribution in [-0.4, -0.2) is 26.2 Å². The number of carbonyl (C=O) groups is 1. The number of rotatable bonds is 3. The van der Waals surface area contributed by atoms with Crippen molar-refractivity contribution < 1.29 is 9.53 Å². The minimum atomic E-state index is -0.350. The Balaban J connectivity index is 2.21. The van der Waals surface area contributed by atoms with Gasteiger partial charge in [-0.05, 0) is 37.0 Å². The number of benzene rings is 1. The number of esters is 1. The summed E-state index contributed by atoms with van der Waals surface area (Å²) < 4.78 is 4.72. The zero-order valence-corrected chi connectivity index (χ0v) is 12.6. The van der Waals surface area contributed by atoms with Crippen LogP contribution in [0.4, 0.5) is 11.4 Å². The molecule has 0 heterocycles. The van der Waals surface area contributed by atoms with Crippen LogP contribution in [0, 0.1) is 5.92 Å². The highest BCUT2D eigenvalue weighted by molar-refractivity contribution is 5.92. The van der Waals surface area contributed by atoms with Crippen LogP contribution in [0.15, 0.2) is 18.2 Å². The summed E-state index contributed by atoms with van der Waals surface area (Å²) in [6, 6.07) is 5.92. The van der Waals surface area contributed by atoms with Gasteiger partial charge in [0.15, 0.2) is 0 Å². The summed E-state index contributed by atoms with van der Waals surface area (Å²) in [6.45, 7) is 2.30. The third kappa shape index (κ3) is 2.89. The molecule has 4 nitrogen and oxygen atoms in total. The molecule has 0 amide bonds. The van der Waals surface area contributed by atoms with Crippen molar-refractivity contribution in [3.8, 4) is 0 Å². The average molecular weight is 276 g/mol. The molecule has 4 heteroatoms. The van der Waals surface area contributed by atoms with Gasteiger partial charge in [-0.3, -0.25) is 0 Å². The molecule has 2 N–H and O–H groups in total. The molecule has 110 valence electrons. The number of hydrogen-bond acceptors (Lipinski definition) is 4. The Labute approximate surface area is 120 Å². The standard InChI is InChI=1S/C16H24N2O2/c1-11-6-4-5-7-14(11)18(2)15-9-8-12(10-13(15)17)16(19)20-3/h8-11,14H,4-7,17H2,1-3H3. The van der Waals surface area contributed by atoms with Gasteiger partial charge in [-0.2, -0.15) is 0 Å². The quantitative estimate of drug-likeness (QED) is 0.681. The summed E-state index contributed by atoms with van der Waals surface area (Å²) in [5.41, 5.74) is 8.25. The first-order valence-corrected chi connectivity index (χ1v) is 7.25. The number of anilines is 2. The van der Waals surface area contributed by atoms with Crippen molar-refractivity contribution in [2.45, 2.75) is 38.6 Å². The van der Waals surface area contributed by atoms with E-state index in [1.807, 2.05) is 6.07 Å². The third-order valence-corrected chi connectivity index (χ3v) is 4.39. The zero-order valence-electron chi connectivity index (χ0n) is 12.6. The molecule has 1 aromatic carbocycles. The molecule has 2 unspecified atom stereocenters. The number of nitrogens with two attached hydrogens (primary N) is 1. The van der Waals surface area contributed by atoms with Gasteiger partial charge in [0.2, 0.25) is 0 Å². The van der Waals surface area contributed by atoms with Crippen LogP contribution < -0.4 is 10.6 Å². The fourth-order valence-electron chi connectivity index (χ4n) is 3.17. The Kier molecular flexibility index (Phi) is 4.53. The number of ether oxygens (including phenoxy) is 1. The number of hydrogen-bond donors (Lipinski definition) is 1. The highest BCUT2D eigenvalue weighted by Crippen LogP contribution is 2.33. The first-order chi connectivity index (χ1) is 9.54. The highest BCUT2D eigenvalue weighted by Gasteiger charge is 2.26. The fourth-order valence-corrected chi connectivity index (χ4v) is 3.17. The summed E-state index contributed by atoms with van der Waals surface area (Å²) in [5.74, 6) is 0.324. The summed E-state index contributed by atoms with van der Waals surface area (Å²) in [4.78, 5) is 13.8. The van der Waals surface area contributed by atoms with Crippen LogP contribution in [-0.2, 0) is 4.74 Å². The first kappa shape index (κ1) is 14.7. The molecular formula is C16H24N2O2. The molecule has 0 bridgehead atoms. The lowest BCUT2D eigenvalue weighted by atomic mass is 9.85. The maximum absolute atomic E-state index is 11.5. The van der Waals surface area contributed by atoms with Crippen molar-refractivity contribution in [2.75, 3.05) is 24.8 Å². The van der Waals surface area contributed by atoms with E-state index in [9.17, 15) is 4.79 Å². The molecule has 1 fully saturated rings. The Morgan fingerprint density at radius 2 is 2.05 bits per heavy atom. The maximum atomic E-state index is 11.5. The number of nitrogens with zero attached hydrogens (tertiary/aromatic N) is 1. The third-order valence-electron chi connectivity index (χ3n) is 4.39. The molecule has 20 heavy (non-hydrogen) atoms. The van der Waals surface area contributed by atoms with E-state index >= 15 is 0 Å². The van der Waals surface area contributed by atoms with Crippen molar-refractivity contribution in [1.82, 2.24) is 0 Å². The van der Waals surface area contributed by atoms with Crippen LogP contribution >= 0.6 is 0 Å². The van der Waals surface area contributed by atoms with E-state index in [-0.39, 0.29) is 5.97 Å². The van der Waals surface area contributed by atoms with Crippen LogP contribution in [0.3, 0.4) is 0 Å². The predicted molar refractivity (Wildman–Crippen MR) is 82.0 cm³/mol. The van der Waals surface area contributed by atoms with E-state index in [0.717, 1.165) is 5.69 Å². The van der Waals surface area contributed by atoms with Crippen LogP contribution in [0.25, 0.3) is 0 Å². The predicted octanol–water partition coefficient (Wildman–Crippen LogP) is 3.07. The fraction of sp³-hybridized carbons (Fsp3) is 0.562. The zero-order chi connectivity index (χ0) is 14.7. The Morgan fingerprint density at radius 1 is 1.35 bits per heavy atom. The van der Waals surface area contributed by atoms with E-state index in [0.29, 0.717) is 23.2 Å². The van der Waals surface area contributed by atoms with E-state index in [1.54, 1.807) is 12.1 Å². The minimum Gasteiger partial charge on any atom is -0.465 e. The lowest BCUT2D eigenvalue weighted by Crippen LogP contribution is -2.39. The average Bonchev–Trinajstić information content (AvgIpc) is 2.46. The monoisotopic (exact) mass is 276 g/mol. The van der Waals surface area contributed by atoms with Gasteiger partial charge in [-0.15, -0.1) is 0 Å². The molecule has 0 radical (unpaired) electrons. The molecular weight excluding hydrogens is 252 g/mol. The molecule has 0 aliphatic heterocycles. The van der Waals surface area contributed by atoms with Crippen molar-refractivity contribution >= 4 is 17.3 Å². The number of nitrogen functional groups attached to an aromatic ring is 1. The van der Waals surface area contributed by atoms with Crippen LogP contribution in [0.1, 0.15) is 43.0 Å². The Morgan fingerprint density at radius 3 is 2.65 bits per heavy atom. The smallest absolute Gasteiger partial charge is 0.337 e. The van der Waals surface area contributed by atoms with Gasteiger partial charge >= 0.3 is 5.97 Å². The van der Waals surface area contributed by atoms with E-state index in [4.69, 9.17) is 10.5 Å². The van der Waals surface area contributed by atoms with Gasteiger partial charge in [-0.1, -0.05) is 19.8 Å². The van der Waals surface area contributed by atoms with Crippen LogP contribution in [0.2, 0.25) is 0 Å². The largest absolute Gasteiger partial charge is 0.465 e. The molecule has 1 aliphatic carbocycles. The minimum absolute atomic E-state index is 0.350. The number of carbonyl (C=O) groups excluding carboxylic acids is 1. The molecule has 2 atom stereocenters. The number of methoxy groups -OCH3 is 1. The van der Waals surface area contributed by atoms with Gasteiger partial charge in [0, 0.05) is 13.1 Å². The molecule has 0 aromatic heterocycles. The second-order valence-electron chi connectivity index (χ2n) is 5.71. The lowest BCUT2D eigenvalue weighted by molar-refractivity contribution is 0.0601. The molecule has 0 spiro atoms. The van der Waals surface area contributed by atoms with Gasteiger partial charge in [0.05, 0.1) is 24.0 Å². The maximum Gasteiger partial charge on any atom is 0.337 e.